The maximum Gasteiger partial charge on any atom is 0.317 e. The molecule has 0 aromatic heterocycles. The number of hydrogen-bond donors (Lipinski definition) is 24. The van der Waals surface area contributed by atoms with Crippen LogP contribution in [0.25, 0.3) is 0 Å². The minimum absolute atomic E-state index is 0.0353. The van der Waals surface area contributed by atoms with Crippen LogP contribution in [0.3, 0.4) is 0 Å². The molecule has 0 amide bonds. The topological polar surface area (TPSA) is 667 Å². The number of rotatable bonds is 22. The average Bonchev–Trinajstić information content (AvgIpc) is 0.731. The molecule has 24 N–H and O–H groups in total. The number of aliphatic hydroxyl groups excluding tert-OH is 21. The number of carboxylic acid groups (broad SMARTS) is 1. The second-order valence-electron chi connectivity index (χ2n) is 36.0. The number of hydrogen-bond acceptors (Lipinski definition) is 41. The van der Waals surface area contributed by atoms with Crippen LogP contribution in [0.4, 0.5) is 0 Å². The lowest BCUT2D eigenvalue weighted by atomic mass is 9.33. The summed E-state index contributed by atoms with van der Waals surface area (Å²) in [5, 5.41) is 268. The van der Waals surface area contributed by atoms with Gasteiger partial charge in [-0.1, -0.05) is 46.3 Å². The van der Waals surface area contributed by atoms with Crippen LogP contribution in [-0.2, 0) is 85.4 Å². The van der Waals surface area contributed by atoms with Gasteiger partial charge < -0.3 is 198 Å². The van der Waals surface area contributed by atoms with Gasteiger partial charge in [0.2, 0.25) is 6.29 Å². The summed E-state index contributed by atoms with van der Waals surface area (Å²) in [4.78, 5) is 30.4. The lowest BCUT2D eigenvalue weighted by Crippen LogP contribution is -2.71. The third-order valence-corrected chi connectivity index (χ3v) is 28.6. The SMILES string of the molecule is CC1OC(OC2C(OC(=O)C34CCC(C)(C)CC3C3=CCC5C6(C)CC(O)C(OC7OC(CO)C(O)C(O)C7OC7OC(CO)C(O)C(O)C7OC7OC(CO)C(O)C(O)C7O)C(C)(C(=O)O)C6CCC5(C)C3(C)CC4O)OCC(O)C2O)C(O)C(OC2OCC(O)(CO)C2O)C1OC1OCC(O)C(OC2OCC(O)(CO)C2O)C1O. The highest BCUT2D eigenvalue weighted by molar-refractivity contribution is 5.80. The summed E-state index contributed by atoms with van der Waals surface area (Å²) in [5.41, 5.74) is -11.0. The number of allylic oxidation sites excluding steroid dienone is 2. The van der Waals surface area contributed by atoms with Crippen molar-refractivity contribution in [2.24, 2.45) is 50.2 Å². The number of aliphatic hydroxyl groups is 23. The average molecular weight is 1680 g/mol. The van der Waals surface area contributed by atoms with Crippen molar-refractivity contribution >= 4 is 11.9 Å². The number of esters is 1. The van der Waals surface area contributed by atoms with Crippen LogP contribution in [0.1, 0.15) is 99.8 Å². The van der Waals surface area contributed by atoms with E-state index < -0.39 is 348 Å². The molecule has 0 aromatic carbocycles. The van der Waals surface area contributed by atoms with Crippen LogP contribution in [0.15, 0.2) is 11.6 Å². The Morgan fingerprint density at radius 2 is 0.940 bits per heavy atom. The highest BCUT2D eigenvalue weighted by atomic mass is 16.8. The summed E-state index contributed by atoms with van der Waals surface area (Å²) in [6.07, 6.45) is -62.5. The van der Waals surface area contributed by atoms with Crippen molar-refractivity contribution in [1.29, 1.82) is 0 Å². The molecule has 0 aromatic rings. The van der Waals surface area contributed by atoms with Gasteiger partial charge in [0, 0.05) is 0 Å². The molecule has 666 valence electrons. The molecule has 8 heterocycles. The van der Waals surface area contributed by atoms with Crippen molar-refractivity contribution in [2.75, 3.05) is 59.5 Å². The van der Waals surface area contributed by atoms with Crippen molar-refractivity contribution in [3.8, 4) is 0 Å². The van der Waals surface area contributed by atoms with Gasteiger partial charge in [-0.3, -0.25) is 9.59 Å². The maximum atomic E-state index is 15.9. The molecule has 4 saturated carbocycles. The molecule has 42 heteroatoms. The van der Waals surface area contributed by atoms with Crippen molar-refractivity contribution in [3.05, 3.63) is 11.6 Å². The van der Waals surface area contributed by atoms with Crippen molar-refractivity contribution < 1.29 is 208 Å². The fourth-order valence-electron chi connectivity index (χ4n) is 21.4. The lowest BCUT2D eigenvalue weighted by molar-refractivity contribution is -0.400. The molecule has 13 rings (SSSR count). The number of carboxylic acids is 1. The summed E-state index contributed by atoms with van der Waals surface area (Å²) >= 11 is 0. The summed E-state index contributed by atoms with van der Waals surface area (Å²) in [6.45, 7) is 5.32. The molecule has 0 bridgehead atoms. The normalized spacial score (nSPS) is 54.8. The molecule has 0 spiro atoms. The Labute approximate surface area is 665 Å². The molecule has 42 nitrogen and oxygen atoms in total. The monoisotopic (exact) mass is 1680 g/mol. The molecule has 45 atom stereocenters. The molecule has 45 unspecified atom stereocenters. The van der Waals surface area contributed by atoms with E-state index in [-0.39, 0.29) is 38.5 Å². The van der Waals surface area contributed by atoms with Gasteiger partial charge in [-0.25, -0.2) is 0 Å². The summed E-state index contributed by atoms with van der Waals surface area (Å²) < 4.78 is 95.6. The minimum Gasteiger partial charge on any atom is -0.481 e. The second kappa shape index (κ2) is 33.9. The molecule has 8 saturated heterocycles. The van der Waals surface area contributed by atoms with Crippen LogP contribution in [0.5, 0.6) is 0 Å². The smallest absolute Gasteiger partial charge is 0.317 e. The first-order chi connectivity index (χ1) is 54.4. The van der Waals surface area contributed by atoms with E-state index in [1.165, 1.54) is 13.8 Å². The number of fused-ring (bicyclic) bond motifs is 7. The number of carbonyl (C=O) groups excluding carboxylic acids is 1. The third kappa shape index (κ3) is 15.3. The van der Waals surface area contributed by atoms with Gasteiger partial charge >= 0.3 is 11.9 Å². The predicted molar refractivity (Wildman–Crippen MR) is 373 cm³/mol. The van der Waals surface area contributed by atoms with E-state index >= 15 is 4.79 Å². The van der Waals surface area contributed by atoms with Crippen molar-refractivity contribution in [3.63, 3.8) is 0 Å². The number of aliphatic carboxylic acids is 1. The fraction of sp³-hybridized carbons (Fsp3) is 0.946. The van der Waals surface area contributed by atoms with E-state index in [0.29, 0.717) is 12.8 Å². The van der Waals surface area contributed by atoms with Gasteiger partial charge in [0.1, 0.15) is 157 Å². The molecule has 12 fully saturated rings. The first-order valence-corrected chi connectivity index (χ1v) is 39.6. The van der Waals surface area contributed by atoms with Crippen LogP contribution in [0.2, 0.25) is 0 Å². The van der Waals surface area contributed by atoms with Gasteiger partial charge in [0.25, 0.3) is 0 Å². The van der Waals surface area contributed by atoms with Gasteiger partial charge in [0.05, 0.1) is 83.2 Å². The predicted octanol–water partition coefficient (Wildman–Crippen LogP) is -10.1. The quantitative estimate of drug-likeness (QED) is 0.0272. The van der Waals surface area contributed by atoms with Crippen molar-refractivity contribution in [1.82, 2.24) is 0 Å². The first-order valence-electron chi connectivity index (χ1n) is 39.6. The third-order valence-electron chi connectivity index (χ3n) is 28.6. The molecule has 13 aliphatic rings. The standard InChI is InChI=1S/C74H118O42/c1-26-48(109-57-46(92)49(31(82)21-101-57)110-63-54(94)72(99,22-78)24-103-63)50(111-64-55(95)73(100,23-79)25-104-64)47(93)59(105-26)112-51-38(84)30(81)20-102-60(51)116-66(98)74-13-12-67(2,3)14-28(74)27-8-9-35-68(4)15-29(80)56(71(7,65(96)97)36(68)10-11-69(35,5)70(27,6)16-37(74)83)115-62-53(44(90)41(87)34(19-77)108-62)114-61-52(43(89)40(86)33(18-76)107-61)113-58-45(91)42(88)39(85)32(17-75)106-58/h8,26,28-64,75-95,99-100H,9-25H2,1-7H3,(H,96,97). The molecule has 116 heavy (non-hydrogen) atoms. The highest BCUT2D eigenvalue weighted by Gasteiger charge is 2.75. The zero-order valence-corrected chi connectivity index (χ0v) is 65.1. The molecule has 8 aliphatic heterocycles. The van der Waals surface area contributed by atoms with E-state index in [0.717, 1.165) is 5.57 Å². The van der Waals surface area contributed by atoms with Crippen LogP contribution in [0, 0.1) is 50.2 Å². The zero-order chi connectivity index (χ0) is 84.7. The first kappa shape index (κ1) is 90.9. The molecule has 5 aliphatic carbocycles. The molecular weight excluding hydrogens is 1560 g/mol. The largest absolute Gasteiger partial charge is 0.481 e. The Morgan fingerprint density at radius 3 is 1.49 bits per heavy atom. The Kier molecular flexibility index (Phi) is 26.6. The minimum atomic E-state index is -2.29. The Morgan fingerprint density at radius 1 is 0.457 bits per heavy atom. The summed E-state index contributed by atoms with van der Waals surface area (Å²) in [5.74, 6) is -4.63. The molecular formula is C74H118O42. The summed E-state index contributed by atoms with van der Waals surface area (Å²) in [7, 11) is 0. The van der Waals surface area contributed by atoms with E-state index in [1.54, 1.807) is 0 Å². The van der Waals surface area contributed by atoms with Crippen LogP contribution < -0.4 is 0 Å². The van der Waals surface area contributed by atoms with Crippen molar-refractivity contribution in [2.45, 2.75) is 326 Å². The number of carbonyl (C=O) groups is 2. The van der Waals surface area contributed by atoms with E-state index in [4.69, 9.17) is 75.8 Å². The van der Waals surface area contributed by atoms with Gasteiger partial charge in [0.15, 0.2) is 50.1 Å². The highest BCUT2D eigenvalue weighted by Crippen LogP contribution is 2.76. The molecule has 0 radical (unpaired) electrons. The number of ether oxygens (including phenoxy) is 16. The van der Waals surface area contributed by atoms with Gasteiger partial charge in [-0.15, -0.1) is 0 Å². The van der Waals surface area contributed by atoms with Gasteiger partial charge in [-0.05, 0) is 105 Å². The maximum absolute atomic E-state index is 15.9. The second-order valence-corrected chi connectivity index (χ2v) is 36.0. The Bertz CT molecular complexity index is 3420. The lowest BCUT2D eigenvalue weighted by Gasteiger charge is -2.71. The van der Waals surface area contributed by atoms with E-state index in [2.05, 4.69) is 0 Å². The van der Waals surface area contributed by atoms with E-state index in [9.17, 15) is 127 Å². The van der Waals surface area contributed by atoms with Crippen LogP contribution >= 0.6 is 0 Å². The van der Waals surface area contributed by atoms with E-state index in [1.807, 2.05) is 40.7 Å². The Hall–Kier alpha value is -2.84. The Balaban J connectivity index is 0.750. The van der Waals surface area contributed by atoms with Gasteiger partial charge in [-0.2, -0.15) is 0 Å². The summed E-state index contributed by atoms with van der Waals surface area (Å²) in [6, 6.07) is 0. The zero-order valence-electron chi connectivity index (χ0n) is 65.1. The van der Waals surface area contributed by atoms with Crippen LogP contribution in [-0.4, -0.2) is 420 Å². The fourth-order valence-corrected chi connectivity index (χ4v) is 21.4.